The van der Waals surface area contributed by atoms with Crippen LogP contribution in [0.2, 0.25) is 0 Å². The minimum atomic E-state index is -2.81. The Morgan fingerprint density at radius 1 is 1.43 bits per heavy atom. The molecule has 0 amide bonds. The van der Waals surface area contributed by atoms with Crippen LogP contribution in [0, 0.1) is 5.92 Å². The molecule has 2 rings (SSSR count). The van der Waals surface area contributed by atoms with Crippen LogP contribution in [0.5, 0.6) is 5.75 Å². The highest BCUT2D eigenvalue weighted by Crippen LogP contribution is 2.28. The monoisotopic (exact) mass is 359 g/mol. The van der Waals surface area contributed by atoms with Crippen LogP contribution >= 0.6 is 15.9 Å². The third-order valence-electron chi connectivity index (χ3n) is 3.44. The van der Waals surface area contributed by atoms with Crippen LogP contribution in [-0.4, -0.2) is 19.2 Å². The molecule has 2 nitrogen and oxygen atoms in total. The number of halogens is 3. The summed E-state index contributed by atoms with van der Waals surface area (Å²) in [6, 6.07) is 5.68. The first-order valence-corrected chi connectivity index (χ1v) is 7.93. The van der Waals surface area contributed by atoms with E-state index >= 15 is 0 Å². The van der Waals surface area contributed by atoms with E-state index in [2.05, 4.69) is 39.8 Å². The topological polar surface area (TPSA) is 21.3 Å². The molecule has 0 atom stereocenters. The Bertz CT molecular complexity index is 513. The van der Waals surface area contributed by atoms with Crippen LogP contribution in [-0.2, 0) is 0 Å². The van der Waals surface area contributed by atoms with E-state index in [4.69, 9.17) is 0 Å². The number of alkyl halides is 2. The average Bonchev–Trinajstić information content (AvgIpc) is 3.20. The van der Waals surface area contributed by atoms with Gasteiger partial charge in [-0.05, 0) is 37.0 Å². The molecule has 1 aromatic carbocycles. The van der Waals surface area contributed by atoms with Crippen molar-refractivity contribution in [3.63, 3.8) is 0 Å². The molecular weight excluding hydrogens is 340 g/mol. The van der Waals surface area contributed by atoms with E-state index in [0.29, 0.717) is 17.5 Å². The standard InChI is InChI=1S/C16H20BrF2NO/c1-10(2)12(9-20-14-4-5-14)7-11-8-13(17)3-6-15(11)21-16(18)19/h3,6-8,10,14,16,20H,4-5,9H2,1-2H3. The fraction of sp³-hybridized carbons (Fsp3) is 0.500. The molecule has 0 spiro atoms. The summed E-state index contributed by atoms with van der Waals surface area (Å²) in [6.45, 7) is 2.17. The third kappa shape index (κ3) is 5.40. The molecule has 0 radical (unpaired) electrons. The van der Waals surface area contributed by atoms with E-state index < -0.39 is 6.61 Å². The van der Waals surface area contributed by atoms with Gasteiger partial charge in [0, 0.05) is 22.6 Å². The first-order chi connectivity index (χ1) is 9.95. The van der Waals surface area contributed by atoms with Crippen molar-refractivity contribution in [2.75, 3.05) is 6.54 Å². The predicted octanol–water partition coefficient (Wildman–Crippen LogP) is 4.84. The number of rotatable bonds is 7. The number of hydrogen-bond acceptors (Lipinski definition) is 2. The second-order valence-electron chi connectivity index (χ2n) is 5.59. The molecule has 1 aromatic rings. The summed E-state index contributed by atoms with van der Waals surface area (Å²) < 4.78 is 30.4. The summed E-state index contributed by atoms with van der Waals surface area (Å²) in [5.41, 5.74) is 1.85. The largest absolute Gasteiger partial charge is 0.434 e. The number of ether oxygens (including phenoxy) is 1. The van der Waals surface area contributed by atoms with E-state index in [1.165, 1.54) is 18.4 Å². The molecule has 1 aliphatic rings. The van der Waals surface area contributed by atoms with Gasteiger partial charge in [0.05, 0.1) is 0 Å². The van der Waals surface area contributed by atoms with Crippen LogP contribution in [0.4, 0.5) is 8.78 Å². The van der Waals surface area contributed by atoms with E-state index in [0.717, 1.165) is 11.0 Å². The maximum absolute atomic E-state index is 12.5. The lowest BCUT2D eigenvalue weighted by molar-refractivity contribution is -0.0500. The van der Waals surface area contributed by atoms with Gasteiger partial charge in [0.15, 0.2) is 0 Å². The van der Waals surface area contributed by atoms with Gasteiger partial charge in [0.1, 0.15) is 5.75 Å². The second-order valence-corrected chi connectivity index (χ2v) is 6.51. The van der Waals surface area contributed by atoms with Crippen LogP contribution in [0.3, 0.4) is 0 Å². The van der Waals surface area contributed by atoms with Gasteiger partial charge in [0.25, 0.3) is 0 Å². The third-order valence-corrected chi connectivity index (χ3v) is 3.94. The molecule has 0 aromatic heterocycles. The first kappa shape index (κ1) is 16.4. The van der Waals surface area contributed by atoms with Gasteiger partial charge >= 0.3 is 6.61 Å². The van der Waals surface area contributed by atoms with E-state index in [1.54, 1.807) is 18.2 Å². The molecule has 1 saturated carbocycles. The maximum Gasteiger partial charge on any atom is 0.387 e. The fourth-order valence-electron chi connectivity index (χ4n) is 2.01. The maximum atomic E-state index is 12.5. The highest BCUT2D eigenvalue weighted by molar-refractivity contribution is 9.10. The van der Waals surface area contributed by atoms with Crippen molar-refractivity contribution >= 4 is 22.0 Å². The number of hydrogen-bond donors (Lipinski definition) is 1. The smallest absolute Gasteiger partial charge is 0.387 e. The summed E-state index contributed by atoms with van der Waals surface area (Å²) in [5, 5.41) is 3.46. The molecule has 5 heteroatoms. The Labute approximate surface area is 132 Å². The highest BCUT2D eigenvalue weighted by Gasteiger charge is 2.21. The van der Waals surface area contributed by atoms with E-state index in [-0.39, 0.29) is 5.75 Å². The van der Waals surface area contributed by atoms with Crippen LogP contribution in [0.1, 0.15) is 32.3 Å². The van der Waals surface area contributed by atoms with Crippen molar-refractivity contribution in [1.82, 2.24) is 5.32 Å². The van der Waals surface area contributed by atoms with Gasteiger partial charge in [-0.25, -0.2) is 0 Å². The zero-order chi connectivity index (χ0) is 15.4. The van der Waals surface area contributed by atoms with Gasteiger partial charge in [0.2, 0.25) is 0 Å². The summed E-state index contributed by atoms with van der Waals surface area (Å²) in [4.78, 5) is 0. The van der Waals surface area contributed by atoms with Gasteiger partial charge in [-0.3, -0.25) is 0 Å². The van der Waals surface area contributed by atoms with Crippen molar-refractivity contribution in [3.05, 3.63) is 33.8 Å². The molecular formula is C16H20BrF2NO. The molecule has 0 saturated heterocycles. The van der Waals surface area contributed by atoms with Gasteiger partial charge in [-0.1, -0.05) is 41.4 Å². The molecule has 0 heterocycles. The molecule has 116 valence electrons. The van der Waals surface area contributed by atoms with E-state index in [9.17, 15) is 8.78 Å². The van der Waals surface area contributed by atoms with Crippen LogP contribution in [0.15, 0.2) is 28.2 Å². The fourth-order valence-corrected chi connectivity index (χ4v) is 2.39. The summed E-state index contributed by atoms with van der Waals surface area (Å²) >= 11 is 3.37. The molecule has 1 fully saturated rings. The van der Waals surface area contributed by atoms with Gasteiger partial charge in [-0.15, -0.1) is 0 Å². The van der Waals surface area contributed by atoms with E-state index in [1.807, 2.05) is 6.08 Å². The SMILES string of the molecule is CC(C)C(=Cc1cc(Br)ccc1OC(F)F)CNC1CC1. The van der Waals surface area contributed by atoms with Gasteiger partial charge < -0.3 is 10.1 Å². The van der Waals surface area contributed by atoms with Crippen LogP contribution < -0.4 is 10.1 Å². The lowest BCUT2D eigenvalue weighted by Crippen LogP contribution is -2.21. The van der Waals surface area contributed by atoms with Gasteiger partial charge in [-0.2, -0.15) is 8.78 Å². The first-order valence-electron chi connectivity index (χ1n) is 7.14. The minimum absolute atomic E-state index is 0.206. The zero-order valence-corrected chi connectivity index (χ0v) is 13.8. The quantitative estimate of drug-likeness (QED) is 0.751. The summed E-state index contributed by atoms with van der Waals surface area (Å²) in [7, 11) is 0. The zero-order valence-electron chi connectivity index (χ0n) is 12.2. The van der Waals surface area contributed by atoms with Crippen molar-refractivity contribution in [3.8, 4) is 5.75 Å². The summed E-state index contributed by atoms with van der Waals surface area (Å²) in [5.74, 6) is 0.549. The lowest BCUT2D eigenvalue weighted by atomic mass is 10.00. The molecule has 0 bridgehead atoms. The molecule has 0 unspecified atom stereocenters. The Hall–Kier alpha value is -0.940. The molecule has 1 N–H and O–H groups in total. The average molecular weight is 360 g/mol. The number of benzene rings is 1. The normalized spacial score (nSPS) is 15.9. The minimum Gasteiger partial charge on any atom is -0.434 e. The Morgan fingerprint density at radius 3 is 2.71 bits per heavy atom. The second kappa shape index (κ2) is 7.36. The lowest BCUT2D eigenvalue weighted by Gasteiger charge is -2.15. The predicted molar refractivity (Wildman–Crippen MR) is 84.6 cm³/mol. The van der Waals surface area contributed by atoms with Crippen LogP contribution in [0.25, 0.3) is 6.08 Å². The van der Waals surface area contributed by atoms with Crippen molar-refractivity contribution in [2.24, 2.45) is 5.92 Å². The molecule has 0 aliphatic heterocycles. The van der Waals surface area contributed by atoms with Crippen molar-refractivity contribution in [1.29, 1.82) is 0 Å². The summed E-state index contributed by atoms with van der Waals surface area (Å²) in [6.07, 6.45) is 4.40. The molecule has 1 aliphatic carbocycles. The van der Waals surface area contributed by atoms with Crippen molar-refractivity contribution < 1.29 is 13.5 Å². The highest BCUT2D eigenvalue weighted by atomic mass is 79.9. The number of nitrogens with one attached hydrogen (secondary N) is 1. The molecule has 21 heavy (non-hydrogen) atoms. The van der Waals surface area contributed by atoms with Crippen molar-refractivity contribution in [2.45, 2.75) is 39.3 Å². The Morgan fingerprint density at radius 2 is 2.14 bits per heavy atom. The Balaban J connectivity index is 2.22. The Kier molecular flexibility index (Phi) is 5.76.